The van der Waals surface area contributed by atoms with Gasteiger partial charge in [-0.15, -0.1) is 4.28 Å². The number of aromatic nitrogens is 2. The van der Waals surface area contributed by atoms with E-state index in [-0.39, 0.29) is 12.6 Å². The summed E-state index contributed by atoms with van der Waals surface area (Å²) >= 11 is 0. The molecule has 0 aromatic carbocycles. The van der Waals surface area contributed by atoms with Crippen LogP contribution in [-0.4, -0.2) is 87.4 Å². The van der Waals surface area contributed by atoms with Crippen molar-refractivity contribution in [3.63, 3.8) is 0 Å². The zero-order valence-corrected chi connectivity index (χ0v) is 20.7. The highest BCUT2D eigenvalue weighted by atomic mass is 32.3. The predicted molar refractivity (Wildman–Crippen MR) is 117 cm³/mol. The quantitative estimate of drug-likeness (QED) is 0.318. The summed E-state index contributed by atoms with van der Waals surface area (Å²) in [6.45, 7) is 7.19. The molecule has 16 heteroatoms. The summed E-state index contributed by atoms with van der Waals surface area (Å²) in [4.78, 5) is 42.3. The second-order valence-electron chi connectivity index (χ2n) is 9.23. The summed E-state index contributed by atoms with van der Waals surface area (Å²) in [5.41, 5.74) is 3.32. The number of carbonyl (C=O) groups excluding carboxylic acids is 3. The molecule has 4 rings (SSSR count). The van der Waals surface area contributed by atoms with Crippen LogP contribution >= 0.6 is 0 Å². The Balaban J connectivity index is 0.000000211. The van der Waals surface area contributed by atoms with Gasteiger partial charge in [-0.05, 0) is 33.6 Å². The summed E-state index contributed by atoms with van der Waals surface area (Å²) in [7, 11) is -2.81. The number of nitrogens with zero attached hydrogens (tertiary/aromatic N) is 5. The maximum atomic E-state index is 12.2. The smallest absolute Gasteiger partial charge is 0.418 e. The van der Waals surface area contributed by atoms with E-state index in [1.54, 1.807) is 17.9 Å². The highest BCUT2D eigenvalue weighted by Gasteiger charge is 2.43. The Morgan fingerprint density at radius 2 is 2.03 bits per heavy atom. The van der Waals surface area contributed by atoms with Crippen molar-refractivity contribution < 1.29 is 41.2 Å². The largest absolute Gasteiger partial charge is 0.444 e. The predicted octanol–water partition coefficient (Wildman–Crippen LogP) is 0.510. The molecule has 0 radical (unpaired) electrons. The standard InChI is InChI=1S/C13H20N4O4.C6H10N2O5S/c1-13(2,3)20-12(19)17-6-10-9(5-14-16(10)4)11(7-17)21-15-8-18;9-6-7-3-1-2-5(4-7)8(6)13-14(10,11)12/h5,8,11H,6-7H2,1-4H3,(H,15,18);5H,1-4H2,(H,10,11,12). The van der Waals surface area contributed by atoms with Crippen molar-refractivity contribution in [2.24, 2.45) is 7.05 Å². The van der Waals surface area contributed by atoms with Gasteiger partial charge in [0.25, 0.3) is 0 Å². The number of nitrogens with one attached hydrogen (secondary N) is 1. The van der Waals surface area contributed by atoms with E-state index in [1.165, 1.54) is 9.80 Å². The Bertz CT molecular complexity index is 1050. The first-order valence-corrected chi connectivity index (χ1v) is 12.2. The molecule has 1 aromatic heterocycles. The lowest BCUT2D eigenvalue weighted by atomic mass is 10.1. The van der Waals surface area contributed by atoms with Gasteiger partial charge in [-0.25, -0.2) is 15.1 Å². The van der Waals surface area contributed by atoms with E-state index < -0.39 is 34.2 Å². The van der Waals surface area contributed by atoms with E-state index in [2.05, 4.69) is 14.9 Å². The van der Waals surface area contributed by atoms with E-state index in [0.29, 0.717) is 32.5 Å². The number of fused-ring (bicyclic) bond motifs is 3. The fourth-order valence-corrected chi connectivity index (χ4v) is 4.36. The number of hydroxylamine groups is 3. The molecule has 0 aliphatic carbocycles. The van der Waals surface area contributed by atoms with Crippen molar-refractivity contribution in [3.05, 3.63) is 17.5 Å². The van der Waals surface area contributed by atoms with Crippen LogP contribution in [0.15, 0.2) is 6.20 Å². The van der Waals surface area contributed by atoms with Gasteiger partial charge in [-0.3, -0.25) is 23.8 Å². The molecule has 35 heavy (non-hydrogen) atoms. The van der Waals surface area contributed by atoms with Crippen molar-refractivity contribution in [1.29, 1.82) is 0 Å². The number of amides is 4. The Labute approximate surface area is 202 Å². The molecule has 196 valence electrons. The lowest BCUT2D eigenvalue weighted by Gasteiger charge is -2.33. The summed E-state index contributed by atoms with van der Waals surface area (Å²) in [5.74, 6) is 0. The minimum absolute atomic E-state index is 0.266. The Hall–Kier alpha value is -2.95. The van der Waals surface area contributed by atoms with Gasteiger partial charge < -0.3 is 9.64 Å². The zero-order valence-electron chi connectivity index (χ0n) is 19.9. The first-order chi connectivity index (χ1) is 16.3. The van der Waals surface area contributed by atoms with Crippen LogP contribution in [0.3, 0.4) is 0 Å². The SMILES string of the molecule is Cn1ncc2c1CN(C(=O)OC(C)(C)C)CC2ONC=O.O=C1N2CCCC(C2)N1OS(=O)(=O)O. The molecular formula is C19H30N6O9S. The number of urea groups is 1. The molecule has 1 aromatic rings. The molecule has 2 bridgehead atoms. The van der Waals surface area contributed by atoms with Gasteiger partial charge in [0.15, 0.2) is 0 Å². The first-order valence-electron chi connectivity index (χ1n) is 10.9. The molecule has 0 saturated carbocycles. The van der Waals surface area contributed by atoms with Crippen LogP contribution in [0.4, 0.5) is 9.59 Å². The third kappa shape index (κ3) is 6.81. The summed E-state index contributed by atoms with van der Waals surface area (Å²) in [6, 6.07) is -0.761. The Kier molecular flexibility index (Phi) is 7.88. The van der Waals surface area contributed by atoms with Crippen molar-refractivity contribution in [2.75, 3.05) is 19.6 Å². The normalized spacial score (nSPS) is 21.7. The molecular weight excluding hydrogens is 488 g/mol. The van der Waals surface area contributed by atoms with Crippen LogP contribution in [0.5, 0.6) is 0 Å². The molecule has 3 aliphatic heterocycles. The lowest BCUT2D eigenvalue weighted by molar-refractivity contribution is -0.127. The van der Waals surface area contributed by atoms with Crippen LogP contribution in [-0.2, 0) is 42.6 Å². The average Bonchev–Trinajstić information content (AvgIpc) is 3.23. The molecule has 0 spiro atoms. The van der Waals surface area contributed by atoms with Gasteiger partial charge in [-0.1, -0.05) is 0 Å². The first kappa shape index (κ1) is 26.7. The van der Waals surface area contributed by atoms with Gasteiger partial charge >= 0.3 is 22.5 Å². The van der Waals surface area contributed by atoms with Crippen LogP contribution < -0.4 is 5.48 Å². The third-order valence-corrected chi connectivity index (χ3v) is 5.79. The zero-order chi connectivity index (χ0) is 26.0. The maximum absolute atomic E-state index is 12.2. The van der Waals surface area contributed by atoms with E-state index in [4.69, 9.17) is 14.1 Å². The van der Waals surface area contributed by atoms with Gasteiger partial charge in [0.05, 0.1) is 31.0 Å². The van der Waals surface area contributed by atoms with Crippen LogP contribution in [0.2, 0.25) is 0 Å². The van der Waals surface area contributed by atoms with Gasteiger partial charge in [0, 0.05) is 25.7 Å². The van der Waals surface area contributed by atoms with Crippen molar-refractivity contribution in [3.8, 4) is 0 Å². The second-order valence-corrected chi connectivity index (χ2v) is 10.2. The maximum Gasteiger partial charge on any atom is 0.418 e. The highest BCUT2D eigenvalue weighted by Crippen LogP contribution is 2.29. The Morgan fingerprint density at radius 1 is 1.31 bits per heavy atom. The fraction of sp³-hybridized carbons (Fsp3) is 0.684. The number of hydrogen-bond acceptors (Lipinski definition) is 9. The molecule has 2 atom stereocenters. The van der Waals surface area contributed by atoms with E-state index >= 15 is 0 Å². The second kappa shape index (κ2) is 10.3. The lowest BCUT2D eigenvalue weighted by Crippen LogP contribution is -2.43. The summed E-state index contributed by atoms with van der Waals surface area (Å²) < 4.78 is 40.6. The number of rotatable bonds is 5. The monoisotopic (exact) mass is 518 g/mol. The van der Waals surface area contributed by atoms with Gasteiger partial charge in [-0.2, -0.15) is 18.6 Å². The van der Waals surface area contributed by atoms with Crippen LogP contribution in [0, 0.1) is 0 Å². The Morgan fingerprint density at radius 3 is 2.63 bits per heavy atom. The average molecular weight is 519 g/mol. The van der Waals surface area contributed by atoms with Crippen LogP contribution in [0.1, 0.15) is 51.0 Å². The van der Waals surface area contributed by atoms with E-state index in [9.17, 15) is 22.8 Å². The minimum Gasteiger partial charge on any atom is -0.444 e. The summed E-state index contributed by atoms with van der Waals surface area (Å²) in [5, 5.41) is 4.91. The fourth-order valence-electron chi connectivity index (χ4n) is 3.97. The van der Waals surface area contributed by atoms with Gasteiger partial charge in [0.1, 0.15) is 11.7 Å². The van der Waals surface area contributed by atoms with Crippen molar-refractivity contribution in [1.82, 2.24) is 30.1 Å². The highest BCUT2D eigenvalue weighted by molar-refractivity contribution is 7.80. The number of carbonyl (C=O) groups is 3. The molecule has 4 amide bonds. The molecule has 2 fully saturated rings. The van der Waals surface area contributed by atoms with Crippen LogP contribution in [0.25, 0.3) is 0 Å². The molecule has 2 unspecified atom stereocenters. The number of aryl methyl sites for hydroxylation is 1. The number of piperidine rings is 1. The number of hydrogen-bond donors (Lipinski definition) is 2. The van der Waals surface area contributed by atoms with E-state index in [0.717, 1.165) is 22.7 Å². The number of ether oxygens (including phenoxy) is 1. The third-order valence-electron chi connectivity index (χ3n) is 5.44. The van der Waals surface area contributed by atoms with Crippen molar-refractivity contribution >= 4 is 28.9 Å². The molecule has 15 nitrogen and oxygen atoms in total. The molecule has 3 aliphatic rings. The molecule has 4 heterocycles. The van der Waals surface area contributed by atoms with Crippen molar-refractivity contribution in [2.45, 2.75) is 57.9 Å². The molecule has 2 saturated heterocycles. The van der Waals surface area contributed by atoms with Gasteiger partial charge in [0.2, 0.25) is 6.41 Å². The topological polar surface area (TPSA) is 173 Å². The van der Waals surface area contributed by atoms with E-state index in [1.807, 2.05) is 20.8 Å². The summed E-state index contributed by atoms with van der Waals surface area (Å²) in [6.07, 6.45) is 2.75. The molecule has 2 N–H and O–H groups in total. The minimum atomic E-state index is -4.60.